The van der Waals surface area contributed by atoms with E-state index < -0.39 is 0 Å². The molecule has 0 saturated heterocycles. The first-order valence-corrected chi connectivity index (χ1v) is 12.9. The maximum atomic E-state index is 13.7. The lowest BCUT2D eigenvalue weighted by atomic mass is 9.90. The molecule has 0 N–H and O–H groups in total. The molecule has 0 aliphatic heterocycles. The Balaban J connectivity index is 1.83. The second kappa shape index (κ2) is 13.5. The molecule has 0 saturated carbocycles. The molecule has 34 heavy (non-hydrogen) atoms. The van der Waals surface area contributed by atoms with Gasteiger partial charge < -0.3 is 19.1 Å². The lowest BCUT2D eigenvalue weighted by molar-refractivity contribution is -0.138. The Labute approximate surface area is 205 Å². The second-order valence-corrected chi connectivity index (χ2v) is 9.33. The van der Waals surface area contributed by atoms with E-state index in [9.17, 15) is 4.79 Å². The fraction of sp³-hybridized carbons (Fsp3) is 0.552. The Kier molecular flexibility index (Phi) is 10.4. The average Bonchev–Trinajstić information content (AvgIpc) is 2.83. The van der Waals surface area contributed by atoms with Crippen molar-refractivity contribution in [3.8, 4) is 5.75 Å². The molecule has 5 heteroatoms. The van der Waals surface area contributed by atoms with Crippen molar-refractivity contribution in [1.29, 1.82) is 0 Å². The molecule has 1 aliphatic rings. The van der Waals surface area contributed by atoms with Crippen molar-refractivity contribution in [2.45, 2.75) is 72.5 Å². The second-order valence-electron chi connectivity index (χ2n) is 9.33. The molecule has 0 atom stereocenters. The van der Waals surface area contributed by atoms with Gasteiger partial charge in [-0.1, -0.05) is 44.2 Å². The van der Waals surface area contributed by atoms with Gasteiger partial charge in [-0.3, -0.25) is 4.79 Å². The van der Waals surface area contributed by atoms with E-state index >= 15 is 0 Å². The summed E-state index contributed by atoms with van der Waals surface area (Å²) in [7, 11) is 0. The van der Waals surface area contributed by atoms with E-state index in [1.807, 2.05) is 43.0 Å². The minimum absolute atomic E-state index is 0.0584. The molecule has 2 aromatic carbocycles. The summed E-state index contributed by atoms with van der Waals surface area (Å²) in [5.74, 6) is 1.19. The van der Waals surface area contributed by atoms with Crippen LogP contribution in [0.5, 0.6) is 5.75 Å². The molecule has 1 aliphatic carbocycles. The number of rotatable bonds is 13. The molecule has 1 amide bonds. The summed E-state index contributed by atoms with van der Waals surface area (Å²) in [5, 5.41) is 0. The van der Waals surface area contributed by atoms with E-state index in [0.29, 0.717) is 45.1 Å². The number of carbonyl (C=O) groups excluding carboxylic acids is 1. The normalized spacial score (nSPS) is 13.2. The molecule has 0 fully saturated rings. The standard InChI is InChI=1S/C29H41NO4/c1-5-32-29(33-6-2)17-18-30(26-13-9-10-14-27(26)34-21-22(3)4)28(31)20-23-15-16-24-11-7-8-12-25(24)19-23/h9-10,13-16,19,22,29H,5-8,11-12,17-18,20-21H2,1-4H3. The topological polar surface area (TPSA) is 48.0 Å². The number of ether oxygens (including phenoxy) is 3. The molecule has 0 radical (unpaired) electrons. The van der Waals surface area contributed by atoms with E-state index in [1.54, 1.807) is 0 Å². The third-order valence-corrected chi connectivity index (χ3v) is 6.09. The van der Waals surface area contributed by atoms with Crippen LogP contribution < -0.4 is 9.64 Å². The maximum absolute atomic E-state index is 13.7. The summed E-state index contributed by atoms with van der Waals surface area (Å²) in [6.07, 6.45) is 5.36. The van der Waals surface area contributed by atoms with Gasteiger partial charge in [0.25, 0.3) is 0 Å². The number of fused-ring (bicyclic) bond motifs is 1. The third kappa shape index (κ3) is 7.57. The van der Waals surface area contributed by atoms with Crippen LogP contribution in [-0.2, 0) is 33.5 Å². The van der Waals surface area contributed by atoms with Crippen LogP contribution in [0.15, 0.2) is 42.5 Å². The Morgan fingerprint density at radius 3 is 2.38 bits per heavy atom. The van der Waals surface area contributed by atoms with E-state index in [2.05, 4.69) is 32.0 Å². The van der Waals surface area contributed by atoms with Crippen molar-refractivity contribution < 1.29 is 19.0 Å². The number of para-hydroxylation sites is 2. The Bertz CT molecular complexity index is 905. The largest absolute Gasteiger partial charge is 0.491 e. The first-order chi connectivity index (χ1) is 16.5. The molecular formula is C29H41NO4. The molecule has 0 bridgehead atoms. The van der Waals surface area contributed by atoms with Crippen LogP contribution in [-0.4, -0.2) is 38.6 Å². The maximum Gasteiger partial charge on any atom is 0.231 e. The quantitative estimate of drug-likeness (QED) is 0.341. The zero-order chi connectivity index (χ0) is 24.3. The number of hydrogen-bond acceptors (Lipinski definition) is 4. The third-order valence-electron chi connectivity index (χ3n) is 6.09. The van der Waals surface area contributed by atoms with Crippen molar-refractivity contribution in [2.24, 2.45) is 5.92 Å². The SMILES string of the molecule is CCOC(CCN(C(=O)Cc1ccc2c(c1)CCCC2)c1ccccc1OCC(C)C)OCC. The fourth-order valence-corrected chi connectivity index (χ4v) is 4.43. The molecule has 3 rings (SSSR count). The highest BCUT2D eigenvalue weighted by Gasteiger charge is 2.22. The highest BCUT2D eigenvalue weighted by molar-refractivity contribution is 5.96. The van der Waals surface area contributed by atoms with Crippen LogP contribution in [0.25, 0.3) is 0 Å². The molecule has 0 aromatic heterocycles. The zero-order valence-corrected chi connectivity index (χ0v) is 21.3. The number of hydrogen-bond donors (Lipinski definition) is 0. The van der Waals surface area contributed by atoms with Crippen LogP contribution >= 0.6 is 0 Å². The van der Waals surface area contributed by atoms with Gasteiger partial charge in [0.1, 0.15) is 5.75 Å². The Morgan fingerprint density at radius 2 is 1.68 bits per heavy atom. The van der Waals surface area contributed by atoms with Crippen molar-refractivity contribution >= 4 is 11.6 Å². The molecule has 0 spiro atoms. The number of anilines is 1. The minimum atomic E-state index is -0.335. The van der Waals surface area contributed by atoms with Crippen LogP contribution in [0.1, 0.15) is 63.6 Å². The van der Waals surface area contributed by atoms with Gasteiger partial charge in [0.2, 0.25) is 5.91 Å². The van der Waals surface area contributed by atoms with Gasteiger partial charge in [-0.15, -0.1) is 0 Å². The number of aryl methyl sites for hydroxylation is 2. The lowest BCUT2D eigenvalue weighted by Gasteiger charge is -2.27. The van der Waals surface area contributed by atoms with Crippen LogP contribution in [0, 0.1) is 5.92 Å². The molecule has 0 heterocycles. The van der Waals surface area contributed by atoms with Gasteiger partial charge in [0.05, 0.1) is 18.7 Å². The van der Waals surface area contributed by atoms with Crippen LogP contribution in [0.4, 0.5) is 5.69 Å². The van der Waals surface area contributed by atoms with Crippen molar-refractivity contribution in [3.63, 3.8) is 0 Å². The lowest BCUT2D eigenvalue weighted by Crippen LogP contribution is -2.36. The van der Waals surface area contributed by atoms with Crippen LogP contribution in [0.3, 0.4) is 0 Å². The van der Waals surface area contributed by atoms with Crippen molar-refractivity contribution in [1.82, 2.24) is 0 Å². The highest BCUT2D eigenvalue weighted by Crippen LogP contribution is 2.30. The summed E-state index contributed by atoms with van der Waals surface area (Å²) in [5.41, 5.74) is 4.71. The van der Waals surface area contributed by atoms with Crippen molar-refractivity contribution in [2.75, 3.05) is 31.3 Å². The predicted octanol–water partition coefficient (Wildman–Crippen LogP) is 5.97. The minimum Gasteiger partial charge on any atom is -0.491 e. The number of benzene rings is 2. The summed E-state index contributed by atoms with van der Waals surface area (Å²) < 4.78 is 17.6. The van der Waals surface area contributed by atoms with Crippen molar-refractivity contribution in [3.05, 3.63) is 59.2 Å². The van der Waals surface area contributed by atoms with Gasteiger partial charge >= 0.3 is 0 Å². The fourth-order valence-electron chi connectivity index (χ4n) is 4.43. The summed E-state index contributed by atoms with van der Waals surface area (Å²) in [4.78, 5) is 15.5. The van der Waals surface area contributed by atoms with E-state index in [4.69, 9.17) is 14.2 Å². The summed E-state index contributed by atoms with van der Waals surface area (Å²) >= 11 is 0. The molecule has 186 valence electrons. The summed E-state index contributed by atoms with van der Waals surface area (Å²) in [6.45, 7) is 10.4. The Hall–Kier alpha value is -2.37. The molecule has 2 aromatic rings. The van der Waals surface area contributed by atoms with E-state index in [1.165, 1.54) is 24.0 Å². The van der Waals surface area contributed by atoms with Crippen LogP contribution in [0.2, 0.25) is 0 Å². The van der Waals surface area contributed by atoms with Gasteiger partial charge in [-0.05, 0) is 74.3 Å². The highest BCUT2D eigenvalue weighted by atomic mass is 16.7. The number of amides is 1. The molecule has 5 nitrogen and oxygen atoms in total. The Morgan fingerprint density at radius 1 is 0.971 bits per heavy atom. The van der Waals surface area contributed by atoms with Gasteiger partial charge in [-0.25, -0.2) is 0 Å². The first-order valence-electron chi connectivity index (χ1n) is 12.9. The predicted molar refractivity (Wildman–Crippen MR) is 138 cm³/mol. The van der Waals surface area contributed by atoms with Gasteiger partial charge in [-0.2, -0.15) is 0 Å². The van der Waals surface area contributed by atoms with Gasteiger partial charge in [0.15, 0.2) is 6.29 Å². The summed E-state index contributed by atoms with van der Waals surface area (Å²) in [6, 6.07) is 14.4. The number of nitrogens with zero attached hydrogens (tertiary/aromatic N) is 1. The monoisotopic (exact) mass is 467 g/mol. The van der Waals surface area contributed by atoms with E-state index in [-0.39, 0.29) is 12.2 Å². The zero-order valence-electron chi connectivity index (χ0n) is 21.3. The average molecular weight is 468 g/mol. The molecule has 0 unspecified atom stereocenters. The van der Waals surface area contributed by atoms with Gasteiger partial charge in [0, 0.05) is 26.2 Å². The number of carbonyl (C=O) groups is 1. The molecular weight excluding hydrogens is 426 g/mol. The smallest absolute Gasteiger partial charge is 0.231 e. The first kappa shape index (κ1) is 26.2. The van der Waals surface area contributed by atoms with E-state index in [0.717, 1.165) is 29.8 Å².